The van der Waals surface area contributed by atoms with Crippen molar-refractivity contribution in [3.8, 4) is 0 Å². The Morgan fingerprint density at radius 2 is 2.17 bits per heavy atom. The highest BCUT2D eigenvalue weighted by Crippen LogP contribution is 2.24. The van der Waals surface area contributed by atoms with Crippen LogP contribution in [0.5, 0.6) is 0 Å². The average Bonchev–Trinajstić information content (AvgIpc) is 2.85. The van der Waals surface area contributed by atoms with Crippen molar-refractivity contribution in [1.29, 1.82) is 0 Å². The molecule has 1 aliphatic rings. The standard InChI is InChI=1S/C11H13N3S.C4H6O5/c1-12-8-5-7-3-2-4-9-10(7)14(6-8)11(15)13-9;5-2(4(8)9)1-3(6)7/h2-4,8,12H,5-6H2,1H3,(H,13,15);2,5H,1H2,(H,6,7)(H,8,9)/t8-;/m1./s1. The lowest BCUT2D eigenvalue weighted by Crippen LogP contribution is -2.35. The zero-order valence-electron chi connectivity index (χ0n) is 13.0. The molecule has 0 aliphatic carbocycles. The maximum Gasteiger partial charge on any atom is 0.333 e. The number of hydrogen-bond donors (Lipinski definition) is 5. The molecule has 130 valence electrons. The molecule has 0 fully saturated rings. The lowest BCUT2D eigenvalue weighted by molar-refractivity contribution is -0.152. The highest BCUT2D eigenvalue weighted by atomic mass is 32.1. The summed E-state index contributed by atoms with van der Waals surface area (Å²) in [7, 11) is 2.01. The Morgan fingerprint density at radius 3 is 2.71 bits per heavy atom. The summed E-state index contributed by atoms with van der Waals surface area (Å²) in [4.78, 5) is 22.7. The number of aliphatic hydroxyl groups is 1. The molecule has 3 rings (SSSR count). The summed E-state index contributed by atoms with van der Waals surface area (Å²) in [5.41, 5.74) is 3.83. The first kappa shape index (κ1) is 18.1. The molecule has 0 saturated carbocycles. The van der Waals surface area contributed by atoms with E-state index in [2.05, 4.69) is 33.1 Å². The van der Waals surface area contributed by atoms with Gasteiger partial charge < -0.3 is 30.2 Å². The van der Waals surface area contributed by atoms with Gasteiger partial charge in [-0.15, -0.1) is 0 Å². The number of aliphatic carboxylic acids is 2. The van der Waals surface area contributed by atoms with Gasteiger partial charge in [0.25, 0.3) is 0 Å². The number of benzene rings is 1. The van der Waals surface area contributed by atoms with Gasteiger partial charge in [0, 0.05) is 12.6 Å². The molecule has 1 aliphatic heterocycles. The zero-order valence-corrected chi connectivity index (χ0v) is 13.8. The van der Waals surface area contributed by atoms with Gasteiger partial charge in [-0.3, -0.25) is 4.79 Å². The number of nitrogens with one attached hydrogen (secondary N) is 2. The molecule has 1 aromatic carbocycles. The summed E-state index contributed by atoms with van der Waals surface area (Å²) < 4.78 is 3.03. The number of aromatic amines is 1. The number of imidazole rings is 1. The molecular weight excluding hydrogens is 334 g/mol. The van der Waals surface area contributed by atoms with Gasteiger partial charge in [0.05, 0.1) is 17.5 Å². The Labute approximate surface area is 142 Å². The van der Waals surface area contributed by atoms with Crippen LogP contribution in [0.25, 0.3) is 11.0 Å². The van der Waals surface area contributed by atoms with Crippen molar-refractivity contribution in [2.24, 2.45) is 0 Å². The smallest absolute Gasteiger partial charge is 0.333 e. The normalized spacial score (nSPS) is 17.0. The second-order valence-electron chi connectivity index (χ2n) is 5.50. The molecule has 0 amide bonds. The van der Waals surface area contributed by atoms with Crippen molar-refractivity contribution in [1.82, 2.24) is 14.9 Å². The van der Waals surface area contributed by atoms with Crippen LogP contribution in [0.2, 0.25) is 0 Å². The molecule has 0 spiro atoms. The van der Waals surface area contributed by atoms with Gasteiger partial charge in [-0.25, -0.2) is 4.79 Å². The molecule has 5 N–H and O–H groups in total. The summed E-state index contributed by atoms with van der Waals surface area (Å²) in [6, 6.07) is 6.85. The van der Waals surface area contributed by atoms with Crippen LogP contribution in [-0.2, 0) is 22.6 Å². The molecular formula is C15H19N3O5S. The van der Waals surface area contributed by atoms with Gasteiger partial charge in [0.1, 0.15) is 0 Å². The summed E-state index contributed by atoms with van der Waals surface area (Å²) in [5, 5.41) is 27.5. The van der Waals surface area contributed by atoms with Gasteiger partial charge in [0.2, 0.25) is 0 Å². The van der Waals surface area contributed by atoms with Crippen molar-refractivity contribution >= 4 is 35.2 Å². The molecule has 0 radical (unpaired) electrons. The molecule has 1 aromatic heterocycles. The van der Waals surface area contributed by atoms with Gasteiger partial charge >= 0.3 is 11.9 Å². The van der Waals surface area contributed by atoms with E-state index in [1.165, 1.54) is 11.1 Å². The Bertz CT molecular complexity index is 813. The minimum atomic E-state index is -1.79. The molecule has 1 unspecified atom stereocenters. The Hall–Kier alpha value is -2.23. The summed E-state index contributed by atoms with van der Waals surface area (Å²) in [6.45, 7) is 0.965. The fourth-order valence-electron chi connectivity index (χ4n) is 2.63. The van der Waals surface area contributed by atoms with Gasteiger partial charge in [-0.05, 0) is 37.3 Å². The van der Waals surface area contributed by atoms with E-state index in [0.717, 1.165) is 23.3 Å². The second kappa shape index (κ2) is 7.56. The van der Waals surface area contributed by atoms with Crippen molar-refractivity contribution in [3.63, 3.8) is 0 Å². The predicted octanol–water partition coefficient (Wildman–Crippen LogP) is 0.750. The minimum absolute atomic E-state index is 0.491. The van der Waals surface area contributed by atoms with Crippen LogP contribution in [0, 0.1) is 4.77 Å². The van der Waals surface area contributed by atoms with E-state index in [9.17, 15) is 9.59 Å². The summed E-state index contributed by atoms with van der Waals surface area (Å²) >= 11 is 5.33. The van der Waals surface area contributed by atoms with E-state index in [0.29, 0.717) is 6.04 Å². The third-order valence-electron chi connectivity index (χ3n) is 3.81. The second-order valence-corrected chi connectivity index (χ2v) is 5.88. The molecule has 9 heteroatoms. The van der Waals surface area contributed by atoms with E-state index < -0.39 is 24.5 Å². The monoisotopic (exact) mass is 353 g/mol. The Morgan fingerprint density at radius 1 is 1.46 bits per heavy atom. The van der Waals surface area contributed by atoms with Gasteiger partial charge in [0.15, 0.2) is 10.9 Å². The third kappa shape index (κ3) is 3.99. The number of carboxylic acid groups (broad SMARTS) is 2. The van der Waals surface area contributed by atoms with Crippen molar-refractivity contribution in [3.05, 3.63) is 28.5 Å². The van der Waals surface area contributed by atoms with Crippen LogP contribution >= 0.6 is 12.2 Å². The fraction of sp³-hybridized carbons (Fsp3) is 0.400. The topological polar surface area (TPSA) is 128 Å². The van der Waals surface area contributed by atoms with E-state index in [1.807, 2.05) is 7.05 Å². The third-order valence-corrected chi connectivity index (χ3v) is 4.13. The van der Waals surface area contributed by atoms with Crippen LogP contribution in [0.3, 0.4) is 0 Å². The number of nitrogens with zero attached hydrogens (tertiary/aromatic N) is 1. The van der Waals surface area contributed by atoms with Crippen LogP contribution in [0.4, 0.5) is 0 Å². The average molecular weight is 353 g/mol. The number of likely N-dealkylation sites (N-methyl/N-ethyl adjacent to an activating group) is 1. The SMILES string of the molecule is CN[C@@H]1Cc2cccc3[nH]c(=S)n(c23)C1.O=C(O)CC(O)C(=O)O. The Balaban J connectivity index is 0.000000202. The highest BCUT2D eigenvalue weighted by molar-refractivity contribution is 7.71. The number of rotatable bonds is 4. The van der Waals surface area contributed by atoms with Crippen LogP contribution in [0.15, 0.2) is 18.2 Å². The van der Waals surface area contributed by atoms with E-state index >= 15 is 0 Å². The minimum Gasteiger partial charge on any atom is -0.481 e. The van der Waals surface area contributed by atoms with Crippen molar-refractivity contribution < 1.29 is 24.9 Å². The van der Waals surface area contributed by atoms with Crippen molar-refractivity contribution in [2.75, 3.05) is 7.05 Å². The van der Waals surface area contributed by atoms with Gasteiger partial charge in [-0.1, -0.05) is 12.1 Å². The number of para-hydroxylation sites is 1. The molecule has 2 aromatic rings. The van der Waals surface area contributed by atoms with Crippen molar-refractivity contribution in [2.45, 2.75) is 31.5 Å². The van der Waals surface area contributed by atoms with E-state index in [4.69, 9.17) is 27.5 Å². The first-order valence-electron chi connectivity index (χ1n) is 7.33. The molecule has 24 heavy (non-hydrogen) atoms. The lowest BCUT2D eigenvalue weighted by Gasteiger charge is -2.23. The van der Waals surface area contributed by atoms with Crippen LogP contribution in [-0.4, -0.2) is 56.0 Å². The number of H-pyrrole nitrogens is 1. The fourth-order valence-corrected chi connectivity index (χ4v) is 2.91. The zero-order chi connectivity index (χ0) is 17.9. The number of hydrogen-bond acceptors (Lipinski definition) is 5. The van der Waals surface area contributed by atoms with Crippen LogP contribution < -0.4 is 5.32 Å². The molecule has 2 heterocycles. The first-order chi connectivity index (χ1) is 11.3. The summed E-state index contributed by atoms with van der Waals surface area (Å²) in [6.07, 6.45) is -1.46. The quantitative estimate of drug-likeness (QED) is 0.513. The number of aliphatic hydroxyl groups excluding tert-OH is 1. The predicted molar refractivity (Wildman–Crippen MR) is 89.6 cm³/mol. The first-order valence-corrected chi connectivity index (χ1v) is 7.74. The molecule has 0 bridgehead atoms. The number of carboxylic acids is 2. The van der Waals surface area contributed by atoms with E-state index in [-0.39, 0.29) is 0 Å². The molecule has 2 atom stereocenters. The lowest BCUT2D eigenvalue weighted by atomic mass is 10.0. The van der Waals surface area contributed by atoms with Gasteiger partial charge in [-0.2, -0.15) is 0 Å². The highest BCUT2D eigenvalue weighted by Gasteiger charge is 2.20. The Kier molecular flexibility index (Phi) is 5.71. The molecule has 0 saturated heterocycles. The molecule has 8 nitrogen and oxygen atoms in total. The maximum atomic E-state index is 9.72. The van der Waals surface area contributed by atoms with Crippen LogP contribution in [0.1, 0.15) is 12.0 Å². The largest absolute Gasteiger partial charge is 0.481 e. The maximum absolute atomic E-state index is 9.72. The van der Waals surface area contributed by atoms with E-state index in [1.54, 1.807) is 0 Å². The number of carbonyl (C=O) groups is 2. The number of aromatic nitrogens is 2. The summed E-state index contributed by atoms with van der Waals surface area (Å²) in [5.74, 6) is -2.85.